The Hall–Kier alpha value is -2.27. The molecule has 1 saturated carbocycles. The molecule has 5 heteroatoms. The lowest BCUT2D eigenvalue weighted by atomic mass is 10.0. The van der Waals surface area contributed by atoms with Gasteiger partial charge in [0.2, 0.25) is 0 Å². The molecule has 1 N–H and O–H groups in total. The van der Waals surface area contributed by atoms with E-state index < -0.39 is 0 Å². The zero-order valence-electron chi connectivity index (χ0n) is 16.7. The number of nitrogens with one attached hydrogen (secondary N) is 1. The van der Waals surface area contributed by atoms with E-state index in [-0.39, 0.29) is 11.7 Å². The number of pyridine rings is 1. The molecule has 5 atom stereocenters. The number of nitrogens with zero attached hydrogens (tertiary/aromatic N) is 2. The van der Waals surface area contributed by atoms with Gasteiger partial charge in [-0.2, -0.15) is 0 Å². The van der Waals surface area contributed by atoms with Crippen molar-refractivity contribution in [2.45, 2.75) is 32.4 Å². The van der Waals surface area contributed by atoms with Gasteiger partial charge < -0.3 is 19.5 Å². The summed E-state index contributed by atoms with van der Waals surface area (Å²) in [6, 6.07) is 15.1. The lowest BCUT2D eigenvalue weighted by Crippen LogP contribution is -2.42. The molecule has 0 bridgehead atoms. The molecule has 1 aromatic heterocycles. The molecule has 1 aliphatic carbocycles. The summed E-state index contributed by atoms with van der Waals surface area (Å²) in [4.78, 5) is 20.3. The van der Waals surface area contributed by atoms with Crippen molar-refractivity contribution >= 4 is 11.5 Å². The Labute approximate surface area is 166 Å². The highest BCUT2D eigenvalue weighted by atomic mass is 16.5. The predicted molar refractivity (Wildman–Crippen MR) is 112 cm³/mol. The van der Waals surface area contributed by atoms with Crippen LogP contribution < -0.4 is 15.4 Å². The van der Waals surface area contributed by atoms with Gasteiger partial charge >= 0.3 is 0 Å². The molecule has 28 heavy (non-hydrogen) atoms. The maximum Gasteiger partial charge on any atom is 0.251 e. The largest absolute Gasteiger partial charge is 0.375 e. The first kappa shape index (κ1) is 17.8. The van der Waals surface area contributed by atoms with Crippen LogP contribution in [-0.4, -0.2) is 43.4 Å². The quantitative estimate of drug-likeness (QED) is 0.887. The van der Waals surface area contributed by atoms with Gasteiger partial charge in [-0.05, 0) is 36.7 Å². The summed E-state index contributed by atoms with van der Waals surface area (Å²) in [6.07, 6.45) is 1.23. The Morgan fingerprint density at radius 1 is 1.14 bits per heavy atom. The number of fused-ring (bicyclic) bond motifs is 1. The number of hydrogen-bond acceptors (Lipinski definition) is 4. The van der Waals surface area contributed by atoms with E-state index in [1.54, 1.807) is 6.07 Å². The Morgan fingerprint density at radius 3 is 2.75 bits per heavy atom. The number of piperidine rings is 1. The summed E-state index contributed by atoms with van der Waals surface area (Å²) in [5, 5.41) is 0. The number of aromatic amines is 1. The van der Waals surface area contributed by atoms with Gasteiger partial charge in [0.25, 0.3) is 5.56 Å². The fraction of sp³-hybridized carbons (Fsp3) is 0.522. The summed E-state index contributed by atoms with van der Waals surface area (Å²) in [7, 11) is 0. The van der Waals surface area contributed by atoms with Gasteiger partial charge in [-0.15, -0.1) is 0 Å². The number of benzene rings is 1. The Balaban J connectivity index is 1.43. The number of aromatic nitrogens is 1. The van der Waals surface area contributed by atoms with Crippen LogP contribution in [-0.2, 0) is 11.2 Å². The molecule has 5 nitrogen and oxygen atoms in total. The van der Waals surface area contributed by atoms with Gasteiger partial charge in [-0.3, -0.25) is 4.79 Å². The third-order valence-corrected chi connectivity index (χ3v) is 6.91. The van der Waals surface area contributed by atoms with Crippen molar-refractivity contribution in [3.63, 3.8) is 0 Å². The van der Waals surface area contributed by atoms with Gasteiger partial charge in [-0.25, -0.2) is 0 Å². The van der Waals surface area contributed by atoms with Crippen LogP contribution >= 0.6 is 0 Å². The highest BCUT2D eigenvalue weighted by Gasteiger charge is 2.58. The van der Waals surface area contributed by atoms with E-state index in [4.69, 9.17) is 4.74 Å². The minimum Gasteiger partial charge on any atom is -0.375 e. The van der Waals surface area contributed by atoms with Gasteiger partial charge in [0.15, 0.2) is 0 Å². The second-order valence-corrected chi connectivity index (χ2v) is 8.73. The molecule has 148 valence electrons. The number of morpholine rings is 1. The molecule has 0 radical (unpaired) electrons. The number of H-pyrrole nitrogens is 1. The monoisotopic (exact) mass is 379 g/mol. The molecule has 0 amide bonds. The molecule has 0 unspecified atom stereocenters. The number of ether oxygens (including phenoxy) is 1. The predicted octanol–water partition coefficient (Wildman–Crippen LogP) is 2.91. The van der Waals surface area contributed by atoms with Gasteiger partial charge in [0, 0.05) is 43.5 Å². The fourth-order valence-electron chi connectivity index (χ4n) is 5.36. The molecule has 2 saturated heterocycles. The Kier molecular flexibility index (Phi) is 4.43. The third kappa shape index (κ3) is 3.22. The summed E-state index contributed by atoms with van der Waals surface area (Å²) < 4.78 is 5.67. The van der Waals surface area contributed by atoms with E-state index in [9.17, 15) is 4.79 Å². The van der Waals surface area contributed by atoms with E-state index >= 15 is 0 Å². The second-order valence-electron chi connectivity index (χ2n) is 8.73. The van der Waals surface area contributed by atoms with Crippen LogP contribution in [0.25, 0.3) is 0 Å². The third-order valence-electron chi connectivity index (χ3n) is 6.91. The normalized spacial score (nSPS) is 31.7. The fourth-order valence-corrected chi connectivity index (χ4v) is 5.36. The standard InChI is InChI=1S/C23H29N3O2/c1-15-13-25(8-9-28-15)18-11-21(24-22(27)12-18)26-14-19-16(2)23(19)20(26)10-17-6-4-3-5-7-17/h3-7,11-12,15-16,19-20,23H,8-10,13-14H2,1-2H3,(H,24,27)/t15-,16-,19+,20+,23-/m1/s1. The van der Waals surface area contributed by atoms with Gasteiger partial charge in [-0.1, -0.05) is 37.3 Å². The van der Waals surface area contributed by atoms with Crippen LogP contribution in [0.5, 0.6) is 0 Å². The van der Waals surface area contributed by atoms with E-state index in [1.165, 1.54) is 5.56 Å². The lowest BCUT2D eigenvalue weighted by molar-refractivity contribution is 0.0532. The molecular formula is C23H29N3O2. The van der Waals surface area contributed by atoms with Crippen molar-refractivity contribution in [3.8, 4) is 0 Å². The van der Waals surface area contributed by atoms with Gasteiger partial charge in [0.05, 0.1) is 12.7 Å². The van der Waals surface area contributed by atoms with E-state index in [2.05, 4.69) is 65.0 Å². The van der Waals surface area contributed by atoms with Crippen molar-refractivity contribution in [1.82, 2.24) is 4.98 Å². The summed E-state index contributed by atoms with van der Waals surface area (Å²) in [5.41, 5.74) is 2.37. The molecule has 1 aromatic carbocycles. The van der Waals surface area contributed by atoms with E-state index in [0.717, 1.165) is 55.3 Å². The minimum absolute atomic E-state index is 0.0151. The zero-order valence-corrected chi connectivity index (χ0v) is 16.7. The highest BCUT2D eigenvalue weighted by Crippen LogP contribution is 2.56. The van der Waals surface area contributed by atoms with Crippen LogP contribution in [0.15, 0.2) is 47.3 Å². The number of anilines is 2. The first-order chi connectivity index (χ1) is 13.6. The summed E-state index contributed by atoms with van der Waals surface area (Å²) >= 11 is 0. The van der Waals surface area contributed by atoms with Crippen molar-refractivity contribution in [1.29, 1.82) is 0 Å². The molecule has 2 aliphatic heterocycles. The van der Waals surface area contributed by atoms with Crippen LogP contribution in [0.1, 0.15) is 19.4 Å². The summed E-state index contributed by atoms with van der Waals surface area (Å²) in [5.74, 6) is 3.25. The van der Waals surface area contributed by atoms with Crippen LogP contribution in [0.3, 0.4) is 0 Å². The first-order valence-corrected chi connectivity index (χ1v) is 10.5. The average Bonchev–Trinajstić information content (AvgIpc) is 3.16. The van der Waals surface area contributed by atoms with Crippen molar-refractivity contribution in [3.05, 3.63) is 58.4 Å². The molecule has 3 aliphatic rings. The molecule has 2 aromatic rings. The lowest BCUT2D eigenvalue weighted by Gasteiger charge is -2.34. The van der Waals surface area contributed by atoms with Crippen molar-refractivity contribution in [2.24, 2.45) is 17.8 Å². The molecule has 3 fully saturated rings. The number of hydrogen-bond donors (Lipinski definition) is 1. The van der Waals surface area contributed by atoms with E-state index in [1.807, 2.05) is 0 Å². The molecule has 0 spiro atoms. The Bertz CT molecular complexity index is 896. The Morgan fingerprint density at radius 2 is 1.96 bits per heavy atom. The van der Waals surface area contributed by atoms with Crippen LogP contribution in [0.4, 0.5) is 11.5 Å². The van der Waals surface area contributed by atoms with Crippen LogP contribution in [0.2, 0.25) is 0 Å². The average molecular weight is 380 g/mol. The smallest absolute Gasteiger partial charge is 0.251 e. The molecule has 3 heterocycles. The van der Waals surface area contributed by atoms with Crippen molar-refractivity contribution < 1.29 is 4.74 Å². The van der Waals surface area contributed by atoms with Crippen LogP contribution in [0, 0.1) is 17.8 Å². The maximum absolute atomic E-state index is 12.5. The summed E-state index contributed by atoms with van der Waals surface area (Å²) in [6.45, 7) is 7.89. The van der Waals surface area contributed by atoms with Gasteiger partial charge in [0.1, 0.15) is 5.82 Å². The SMILES string of the molecule is C[C@@H]1[C@@H]2CN(c3cc(N4CCO[C@H](C)C4)cc(=O)[nH]3)[C@@H](Cc3ccccc3)[C@H]12. The minimum atomic E-state index is -0.0151. The zero-order chi connectivity index (χ0) is 19.3. The second kappa shape index (κ2) is 6.96. The molecular weight excluding hydrogens is 350 g/mol. The number of rotatable bonds is 4. The first-order valence-electron chi connectivity index (χ1n) is 10.5. The van der Waals surface area contributed by atoms with E-state index in [0.29, 0.717) is 12.6 Å². The van der Waals surface area contributed by atoms with Crippen molar-refractivity contribution in [2.75, 3.05) is 36.0 Å². The maximum atomic E-state index is 12.5. The topological polar surface area (TPSA) is 48.6 Å². The highest BCUT2D eigenvalue weighted by molar-refractivity contribution is 5.57. The molecule has 5 rings (SSSR count).